The normalized spacial score (nSPS) is 20.4. The van der Waals surface area contributed by atoms with Crippen molar-refractivity contribution in [3.05, 3.63) is 23.9 Å². The van der Waals surface area contributed by atoms with Gasteiger partial charge in [-0.2, -0.15) is 0 Å². The van der Waals surface area contributed by atoms with Gasteiger partial charge in [-0.3, -0.25) is 14.3 Å². The third kappa shape index (κ3) is 6.69. The minimum Gasteiger partial charge on any atom is -0.338 e. The van der Waals surface area contributed by atoms with Crippen molar-refractivity contribution in [2.75, 3.05) is 0 Å². The Kier molecular flexibility index (Phi) is 6.92. The van der Waals surface area contributed by atoms with Crippen LogP contribution in [0.3, 0.4) is 0 Å². The summed E-state index contributed by atoms with van der Waals surface area (Å²) in [4.78, 5) is 34.4. The molecular weight excluding hydrogens is 341 g/mol. The molecule has 1 aliphatic carbocycles. The Hall–Kier alpha value is -2.16. The fourth-order valence-corrected chi connectivity index (χ4v) is 2.15. The molecular formula is C16H21F3N2O4. The van der Waals surface area contributed by atoms with E-state index in [2.05, 4.69) is 15.4 Å². The standard InChI is InChI=1S/C16H21F3N2O4/c1-4-5-11(9-22)21-14(24)13(23)20-10-6-7-15(2,3)12(8-10)25-16(17,18)19/h6-9,11-12H,4-5H2,1-3H3,(H,20,23)(H,21,24). The maximum Gasteiger partial charge on any atom is 0.523 e. The van der Waals surface area contributed by atoms with E-state index in [0.29, 0.717) is 19.1 Å². The average molecular weight is 362 g/mol. The maximum absolute atomic E-state index is 12.5. The van der Waals surface area contributed by atoms with Gasteiger partial charge in [-0.15, -0.1) is 13.2 Å². The zero-order valence-electron chi connectivity index (χ0n) is 14.1. The second-order valence-corrected chi connectivity index (χ2v) is 6.22. The van der Waals surface area contributed by atoms with Crippen molar-refractivity contribution in [1.29, 1.82) is 0 Å². The van der Waals surface area contributed by atoms with E-state index < -0.39 is 35.7 Å². The van der Waals surface area contributed by atoms with Crippen LogP contribution in [-0.2, 0) is 19.1 Å². The van der Waals surface area contributed by atoms with Crippen molar-refractivity contribution < 1.29 is 32.3 Å². The molecule has 2 amide bonds. The van der Waals surface area contributed by atoms with E-state index >= 15 is 0 Å². The minimum atomic E-state index is -4.84. The van der Waals surface area contributed by atoms with Gasteiger partial charge in [0.15, 0.2) is 0 Å². The molecule has 0 aliphatic heterocycles. The minimum absolute atomic E-state index is 0.00636. The molecule has 6 nitrogen and oxygen atoms in total. The van der Waals surface area contributed by atoms with Crippen LogP contribution in [0.5, 0.6) is 0 Å². The number of halogens is 3. The number of carbonyl (C=O) groups is 3. The topological polar surface area (TPSA) is 84.5 Å². The summed E-state index contributed by atoms with van der Waals surface area (Å²) in [5.41, 5.74) is -0.942. The first-order valence-corrected chi connectivity index (χ1v) is 7.71. The highest BCUT2D eigenvalue weighted by Gasteiger charge is 2.40. The Labute approximate surface area is 143 Å². The number of nitrogens with one attached hydrogen (secondary N) is 2. The van der Waals surface area contributed by atoms with Crippen molar-refractivity contribution in [1.82, 2.24) is 10.6 Å². The highest BCUT2D eigenvalue weighted by atomic mass is 19.4. The summed E-state index contributed by atoms with van der Waals surface area (Å²) in [6.45, 7) is 4.89. The second kappa shape index (κ2) is 8.28. The lowest BCUT2D eigenvalue weighted by molar-refractivity contribution is -0.344. The van der Waals surface area contributed by atoms with E-state index in [-0.39, 0.29) is 5.70 Å². The Morgan fingerprint density at radius 3 is 2.52 bits per heavy atom. The van der Waals surface area contributed by atoms with Gasteiger partial charge >= 0.3 is 18.2 Å². The van der Waals surface area contributed by atoms with E-state index in [9.17, 15) is 27.6 Å². The van der Waals surface area contributed by atoms with Gasteiger partial charge in [0.2, 0.25) is 0 Å². The van der Waals surface area contributed by atoms with Crippen molar-refractivity contribution in [2.45, 2.75) is 52.1 Å². The van der Waals surface area contributed by atoms with Crippen molar-refractivity contribution in [3.8, 4) is 0 Å². The van der Waals surface area contributed by atoms with Crippen LogP contribution < -0.4 is 10.6 Å². The molecule has 140 valence electrons. The number of amides is 2. The molecule has 0 aromatic heterocycles. The lowest BCUT2D eigenvalue weighted by Gasteiger charge is -2.33. The summed E-state index contributed by atoms with van der Waals surface area (Å²) < 4.78 is 41.5. The number of allylic oxidation sites excluding steroid dienone is 1. The molecule has 0 aromatic rings. The molecule has 2 N–H and O–H groups in total. The molecule has 1 aliphatic rings. The van der Waals surface area contributed by atoms with Crippen LogP contribution in [0.2, 0.25) is 0 Å². The summed E-state index contributed by atoms with van der Waals surface area (Å²) in [6, 6.07) is -0.792. The molecule has 0 spiro atoms. The van der Waals surface area contributed by atoms with Crippen LogP contribution in [0, 0.1) is 5.41 Å². The zero-order valence-corrected chi connectivity index (χ0v) is 14.1. The predicted molar refractivity (Wildman–Crippen MR) is 83.0 cm³/mol. The van der Waals surface area contributed by atoms with Gasteiger partial charge in [0.1, 0.15) is 6.29 Å². The summed E-state index contributed by atoms with van der Waals surface area (Å²) >= 11 is 0. The number of alkyl halides is 3. The number of aldehydes is 1. The SMILES string of the molecule is CCCC(C=O)NC(=O)C(=O)NC1=CC(OC(F)(F)F)C(C)(C)C=C1. The molecule has 2 unspecified atom stereocenters. The van der Waals surface area contributed by atoms with Gasteiger partial charge in [-0.25, -0.2) is 0 Å². The quantitative estimate of drug-likeness (QED) is 0.559. The Bertz CT molecular complexity index is 582. The van der Waals surface area contributed by atoms with Crippen molar-refractivity contribution >= 4 is 18.1 Å². The summed E-state index contributed by atoms with van der Waals surface area (Å²) in [5, 5.41) is 4.44. The van der Waals surface area contributed by atoms with E-state index in [0.717, 1.165) is 6.08 Å². The summed E-state index contributed by atoms with van der Waals surface area (Å²) in [6.07, 6.45) is -0.753. The number of hydrogen-bond donors (Lipinski definition) is 2. The van der Waals surface area contributed by atoms with Gasteiger partial charge in [0.05, 0.1) is 12.1 Å². The van der Waals surface area contributed by atoms with Crippen LogP contribution >= 0.6 is 0 Å². The zero-order chi connectivity index (χ0) is 19.3. The molecule has 0 bridgehead atoms. The van der Waals surface area contributed by atoms with Gasteiger partial charge in [-0.05, 0) is 18.6 Å². The molecule has 9 heteroatoms. The van der Waals surface area contributed by atoms with Crippen LogP contribution in [0.25, 0.3) is 0 Å². The first-order valence-electron chi connectivity index (χ1n) is 7.71. The van der Waals surface area contributed by atoms with E-state index in [4.69, 9.17) is 0 Å². The van der Waals surface area contributed by atoms with Crippen LogP contribution in [0.1, 0.15) is 33.6 Å². The monoisotopic (exact) mass is 362 g/mol. The Morgan fingerprint density at radius 2 is 2.00 bits per heavy atom. The fourth-order valence-electron chi connectivity index (χ4n) is 2.15. The van der Waals surface area contributed by atoms with Gasteiger partial charge in [-0.1, -0.05) is 33.3 Å². The van der Waals surface area contributed by atoms with Gasteiger partial charge < -0.3 is 15.4 Å². The first-order chi connectivity index (χ1) is 11.5. The Balaban J connectivity index is 2.77. The molecule has 0 heterocycles. The molecule has 1 rings (SSSR count). The molecule has 0 saturated carbocycles. The first kappa shape index (κ1) is 20.9. The highest BCUT2D eigenvalue weighted by Crippen LogP contribution is 2.34. The lowest BCUT2D eigenvalue weighted by Crippen LogP contribution is -2.45. The largest absolute Gasteiger partial charge is 0.523 e. The molecule has 0 aromatic carbocycles. The predicted octanol–water partition coefficient (Wildman–Crippen LogP) is 1.97. The number of ether oxygens (including phenoxy) is 1. The smallest absolute Gasteiger partial charge is 0.338 e. The molecule has 2 atom stereocenters. The van der Waals surface area contributed by atoms with Crippen molar-refractivity contribution in [2.24, 2.45) is 5.41 Å². The van der Waals surface area contributed by atoms with Crippen LogP contribution in [0.4, 0.5) is 13.2 Å². The Morgan fingerprint density at radius 1 is 1.36 bits per heavy atom. The molecule has 0 radical (unpaired) electrons. The number of hydrogen-bond acceptors (Lipinski definition) is 4. The number of rotatable bonds is 6. The summed E-state index contributed by atoms with van der Waals surface area (Å²) in [5.74, 6) is -2.12. The van der Waals surface area contributed by atoms with Crippen molar-refractivity contribution in [3.63, 3.8) is 0 Å². The number of carbonyl (C=O) groups excluding carboxylic acids is 3. The van der Waals surface area contributed by atoms with E-state index in [1.807, 2.05) is 6.92 Å². The van der Waals surface area contributed by atoms with Crippen LogP contribution in [-0.4, -0.2) is 36.6 Å². The lowest BCUT2D eigenvalue weighted by atomic mass is 9.82. The third-order valence-electron chi connectivity index (χ3n) is 3.56. The second-order valence-electron chi connectivity index (χ2n) is 6.22. The average Bonchev–Trinajstić information content (AvgIpc) is 2.48. The van der Waals surface area contributed by atoms with Crippen LogP contribution in [0.15, 0.2) is 23.9 Å². The van der Waals surface area contributed by atoms with E-state index in [1.54, 1.807) is 13.8 Å². The third-order valence-corrected chi connectivity index (χ3v) is 3.56. The maximum atomic E-state index is 12.5. The summed E-state index contributed by atoms with van der Waals surface area (Å²) in [7, 11) is 0. The van der Waals surface area contributed by atoms with Gasteiger partial charge in [0.25, 0.3) is 0 Å². The molecule has 0 saturated heterocycles. The fraction of sp³-hybridized carbons (Fsp3) is 0.562. The molecule has 0 fully saturated rings. The van der Waals surface area contributed by atoms with E-state index in [1.165, 1.54) is 12.2 Å². The van der Waals surface area contributed by atoms with Gasteiger partial charge in [0, 0.05) is 11.1 Å². The highest BCUT2D eigenvalue weighted by molar-refractivity contribution is 6.35. The molecule has 25 heavy (non-hydrogen) atoms.